The molecular formula is C16H20N2O3S. The molecule has 2 rings (SSSR count). The van der Waals surface area contributed by atoms with E-state index in [0.29, 0.717) is 6.54 Å². The third-order valence-electron chi connectivity index (χ3n) is 3.49. The standard InChI is InChI=1S/C16H20N2O3S/c1-10-7-12(5-6-14(10)21-4)15(16(19)20)18(3)8-13-9-22-11(2)17-13/h5-7,9,15H,8H2,1-4H3,(H,19,20). The molecule has 0 amide bonds. The quantitative estimate of drug-likeness (QED) is 0.886. The van der Waals surface area contributed by atoms with Crippen LogP contribution in [0.5, 0.6) is 5.75 Å². The molecule has 1 heterocycles. The summed E-state index contributed by atoms with van der Waals surface area (Å²) in [4.78, 5) is 17.9. The smallest absolute Gasteiger partial charge is 0.325 e. The van der Waals surface area contributed by atoms with E-state index in [0.717, 1.165) is 27.6 Å². The van der Waals surface area contributed by atoms with Crippen molar-refractivity contribution in [2.75, 3.05) is 14.2 Å². The third-order valence-corrected chi connectivity index (χ3v) is 4.31. The lowest BCUT2D eigenvalue weighted by molar-refractivity contribution is -0.143. The fourth-order valence-electron chi connectivity index (χ4n) is 2.48. The number of aliphatic carboxylic acids is 1. The van der Waals surface area contributed by atoms with Crippen LogP contribution < -0.4 is 4.74 Å². The Morgan fingerprint density at radius 1 is 1.45 bits per heavy atom. The minimum atomic E-state index is -0.876. The average molecular weight is 320 g/mol. The Bertz CT molecular complexity index is 669. The lowest BCUT2D eigenvalue weighted by Crippen LogP contribution is -2.30. The van der Waals surface area contributed by atoms with Gasteiger partial charge in [-0.05, 0) is 38.1 Å². The monoisotopic (exact) mass is 320 g/mol. The molecule has 0 bridgehead atoms. The van der Waals surface area contributed by atoms with E-state index in [1.165, 1.54) is 0 Å². The molecule has 1 unspecified atom stereocenters. The molecule has 0 fully saturated rings. The minimum absolute atomic E-state index is 0.492. The predicted molar refractivity (Wildman–Crippen MR) is 86.4 cm³/mol. The highest BCUT2D eigenvalue weighted by Gasteiger charge is 2.25. The molecule has 1 N–H and O–H groups in total. The molecule has 0 aliphatic heterocycles. The van der Waals surface area contributed by atoms with Crippen molar-refractivity contribution in [1.82, 2.24) is 9.88 Å². The Kier molecular flexibility index (Phi) is 5.15. The molecule has 22 heavy (non-hydrogen) atoms. The van der Waals surface area contributed by atoms with Gasteiger partial charge in [-0.3, -0.25) is 9.69 Å². The Morgan fingerprint density at radius 3 is 2.68 bits per heavy atom. The van der Waals surface area contributed by atoms with Crippen LogP contribution in [0.25, 0.3) is 0 Å². The predicted octanol–water partition coefficient (Wildman–Crippen LogP) is 3.03. The van der Waals surface area contributed by atoms with Crippen LogP contribution in [0.2, 0.25) is 0 Å². The van der Waals surface area contributed by atoms with Gasteiger partial charge in [0.25, 0.3) is 0 Å². The number of aryl methyl sites for hydroxylation is 2. The molecule has 0 aliphatic rings. The van der Waals surface area contributed by atoms with Gasteiger partial charge < -0.3 is 9.84 Å². The molecule has 0 radical (unpaired) electrons. The maximum atomic E-state index is 11.7. The van der Waals surface area contributed by atoms with Gasteiger partial charge in [-0.1, -0.05) is 12.1 Å². The van der Waals surface area contributed by atoms with E-state index < -0.39 is 12.0 Å². The van der Waals surface area contributed by atoms with Gasteiger partial charge in [-0.2, -0.15) is 0 Å². The number of ether oxygens (including phenoxy) is 1. The van der Waals surface area contributed by atoms with E-state index in [-0.39, 0.29) is 0 Å². The number of carboxylic acid groups (broad SMARTS) is 1. The first-order valence-corrected chi connectivity index (χ1v) is 7.79. The van der Waals surface area contributed by atoms with Gasteiger partial charge in [0.15, 0.2) is 0 Å². The van der Waals surface area contributed by atoms with Crippen LogP contribution in [0.1, 0.15) is 27.9 Å². The molecule has 0 spiro atoms. The summed E-state index contributed by atoms with van der Waals surface area (Å²) in [5.41, 5.74) is 2.55. The van der Waals surface area contributed by atoms with Crippen molar-refractivity contribution in [1.29, 1.82) is 0 Å². The summed E-state index contributed by atoms with van der Waals surface area (Å²) in [6.45, 7) is 4.34. The molecular weight excluding hydrogens is 300 g/mol. The van der Waals surface area contributed by atoms with Gasteiger partial charge in [-0.15, -0.1) is 11.3 Å². The summed E-state index contributed by atoms with van der Waals surface area (Å²) in [7, 11) is 3.40. The third kappa shape index (κ3) is 3.64. The highest BCUT2D eigenvalue weighted by molar-refractivity contribution is 7.09. The molecule has 2 aromatic rings. The summed E-state index contributed by atoms with van der Waals surface area (Å²) >= 11 is 1.57. The largest absolute Gasteiger partial charge is 0.496 e. The van der Waals surface area contributed by atoms with E-state index in [9.17, 15) is 9.90 Å². The van der Waals surface area contributed by atoms with Crippen LogP contribution in [-0.2, 0) is 11.3 Å². The van der Waals surface area contributed by atoms with Crippen LogP contribution in [0.4, 0.5) is 0 Å². The lowest BCUT2D eigenvalue weighted by atomic mass is 10.0. The number of carbonyl (C=O) groups is 1. The minimum Gasteiger partial charge on any atom is -0.496 e. The molecule has 5 nitrogen and oxygen atoms in total. The Hall–Kier alpha value is -1.92. The van der Waals surface area contributed by atoms with Crippen molar-refractivity contribution < 1.29 is 14.6 Å². The molecule has 0 saturated heterocycles. The zero-order valence-corrected chi connectivity index (χ0v) is 14.0. The number of rotatable bonds is 6. The van der Waals surface area contributed by atoms with Crippen LogP contribution in [-0.4, -0.2) is 35.1 Å². The molecule has 1 aromatic heterocycles. The first-order chi connectivity index (χ1) is 10.4. The fourth-order valence-corrected chi connectivity index (χ4v) is 3.09. The summed E-state index contributed by atoms with van der Waals surface area (Å²) in [5.74, 6) is -0.121. The summed E-state index contributed by atoms with van der Waals surface area (Å²) in [6.07, 6.45) is 0. The number of hydrogen-bond donors (Lipinski definition) is 1. The Morgan fingerprint density at radius 2 is 2.18 bits per heavy atom. The first kappa shape index (κ1) is 16.5. The number of methoxy groups -OCH3 is 1. The summed E-state index contributed by atoms with van der Waals surface area (Å²) < 4.78 is 5.23. The van der Waals surface area contributed by atoms with E-state index >= 15 is 0 Å². The number of nitrogens with zero attached hydrogens (tertiary/aromatic N) is 2. The van der Waals surface area contributed by atoms with Crippen molar-refractivity contribution in [2.45, 2.75) is 26.4 Å². The van der Waals surface area contributed by atoms with Crippen LogP contribution in [0.15, 0.2) is 23.6 Å². The second kappa shape index (κ2) is 6.89. The van der Waals surface area contributed by atoms with Gasteiger partial charge in [0.2, 0.25) is 0 Å². The van der Waals surface area contributed by atoms with Crippen molar-refractivity contribution in [3.63, 3.8) is 0 Å². The van der Waals surface area contributed by atoms with E-state index in [4.69, 9.17) is 4.74 Å². The highest BCUT2D eigenvalue weighted by Crippen LogP contribution is 2.27. The van der Waals surface area contributed by atoms with Crippen LogP contribution in [0.3, 0.4) is 0 Å². The Balaban J connectivity index is 2.25. The summed E-state index contributed by atoms with van der Waals surface area (Å²) in [6, 6.07) is 4.75. The SMILES string of the molecule is COc1ccc(C(C(=O)O)N(C)Cc2csc(C)n2)cc1C. The first-order valence-electron chi connectivity index (χ1n) is 6.91. The van der Waals surface area contributed by atoms with Crippen molar-refractivity contribution in [3.05, 3.63) is 45.4 Å². The number of carboxylic acids is 1. The van der Waals surface area contributed by atoms with Crippen LogP contribution in [0, 0.1) is 13.8 Å². The number of likely N-dealkylation sites (N-methyl/N-ethyl adjacent to an activating group) is 1. The summed E-state index contributed by atoms with van der Waals surface area (Å²) in [5, 5.41) is 12.6. The Labute approximate surface area is 134 Å². The number of aromatic nitrogens is 1. The average Bonchev–Trinajstić information content (AvgIpc) is 2.84. The van der Waals surface area contributed by atoms with Crippen molar-refractivity contribution >= 4 is 17.3 Å². The van der Waals surface area contributed by atoms with Crippen molar-refractivity contribution in [3.8, 4) is 5.75 Å². The van der Waals surface area contributed by atoms with Crippen molar-refractivity contribution in [2.24, 2.45) is 0 Å². The normalized spacial score (nSPS) is 12.4. The number of hydrogen-bond acceptors (Lipinski definition) is 5. The van der Waals surface area contributed by atoms with Crippen LogP contribution >= 0.6 is 11.3 Å². The topological polar surface area (TPSA) is 62.7 Å². The second-order valence-corrected chi connectivity index (χ2v) is 6.31. The molecule has 118 valence electrons. The molecule has 1 aromatic carbocycles. The number of benzene rings is 1. The maximum absolute atomic E-state index is 11.7. The molecule has 1 atom stereocenters. The molecule has 0 saturated carbocycles. The maximum Gasteiger partial charge on any atom is 0.325 e. The van der Waals surface area contributed by atoms with Gasteiger partial charge in [0.05, 0.1) is 17.8 Å². The number of thiazole rings is 1. The zero-order valence-electron chi connectivity index (χ0n) is 13.2. The highest BCUT2D eigenvalue weighted by atomic mass is 32.1. The molecule has 6 heteroatoms. The van der Waals surface area contributed by atoms with Gasteiger partial charge in [0, 0.05) is 11.9 Å². The van der Waals surface area contributed by atoms with E-state index in [2.05, 4.69) is 4.98 Å². The lowest BCUT2D eigenvalue weighted by Gasteiger charge is -2.24. The van der Waals surface area contributed by atoms with Gasteiger partial charge in [-0.25, -0.2) is 4.98 Å². The van der Waals surface area contributed by atoms with E-state index in [1.54, 1.807) is 42.5 Å². The second-order valence-electron chi connectivity index (χ2n) is 5.24. The zero-order chi connectivity index (χ0) is 16.3. The molecule has 0 aliphatic carbocycles. The van der Waals surface area contributed by atoms with Gasteiger partial charge in [0.1, 0.15) is 11.8 Å². The van der Waals surface area contributed by atoms with Gasteiger partial charge >= 0.3 is 5.97 Å². The fraction of sp³-hybridized carbons (Fsp3) is 0.375. The van der Waals surface area contributed by atoms with E-state index in [1.807, 2.05) is 25.3 Å².